The number of sulfonamides is 1. The van der Waals surface area contributed by atoms with Crippen LogP contribution >= 0.6 is 11.6 Å². The molecule has 0 aromatic heterocycles. The standard InChI is InChI=1S/C25H34ClN3O4S/c1-6-13-27-25(31)22(7-2)28(16-20-10-8-9-18(3)14-20)24(30)17-29(34(5,32)33)23-12-11-21(26)15-19(23)4/h8-12,14-15,22H,6-7,13,16-17H2,1-5H3,(H,27,31). The summed E-state index contributed by atoms with van der Waals surface area (Å²) in [4.78, 5) is 28.0. The van der Waals surface area contributed by atoms with Gasteiger partial charge in [0.15, 0.2) is 0 Å². The Hall–Kier alpha value is -2.58. The number of benzene rings is 2. The zero-order valence-corrected chi connectivity index (χ0v) is 22.0. The number of halogens is 1. The van der Waals surface area contributed by atoms with Crippen molar-refractivity contribution in [3.63, 3.8) is 0 Å². The van der Waals surface area contributed by atoms with Crippen molar-refractivity contribution < 1.29 is 18.0 Å². The molecule has 0 aliphatic heterocycles. The van der Waals surface area contributed by atoms with Gasteiger partial charge in [-0.25, -0.2) is 8.42 Å². The molecule has 0 fully saturated rings. The Balaban J connectivity index is 2.45. The maximum atomic E-state index is 13.6. The van der Waals surface area contributed by atoms with Crippen LogP contribution in [-0.4, -0.2) is 50.5 Å². The topological polar surface area (TPSA) is 86.8 Å². The highest BCUT2D eigenvalue weighted by molar-refractivity contribution is 7.92. The minimum Gasteiger partial charge on any atom is -0.354 e. The maximum absolute atomic E-state index is 13.6. The largest absolute Gasteiger partial charge is 0.354 e. The first-order valence-electron chi connectivity index (χ1n) is 11.3. The first kappa shape index (κ1) is 27.7. The summed E-state index contributed by atoms with van der Waals surface area (Å²) >= 11 is 6.04. The summed E-state index contributed by atoms with van der Waals surface area (Å²) in [5.41, 5.74) is 2.90. The van der Waals surface area contributed by atoms with E-state index in [1.165, 1.54) is 4.90 Å². The summed E-state index contributed by atoms with van der Waals surface area (Å²) in [6.45, 7) is 7.75. The van der Waals surface area contributed by atoms with Gasteiger partial charge in [-0.15, -0.1) is 0 Å². The van der Waals surface area contributed by atoms with Crippen LogP contribution in [-0.2, 0) is 26.2 Å². The molecule has 0 aliphatic rings. The Kier molecular flexibility index (Phi) is 9.94. The molecule has 1 N–H and O–H groups in total. The van der Waals surface area contributed by atoms with E-state index in [-0.39, 0.29) is 12.5 Å². The third-order valence-electron chi connectivity index (χ3n) is 5.48. The quantitative estimate of drug-likeness (QED) is 0.497. The Morgan fingerprint density at radius 2 is 1.79 bits per heavy atom. The lowest BCUT2D eigenvalue weighted by atomic mass is 10.1. The molecule has 1 atom stereocenters. The van der Waals surface area contributed by atoms with Gasteiger partial charge in [-0.2, -0.15) is 0 Å². The summed E-state index contributed by atoms with van der Waals surface area (Å²) in [6.07, 6.45) is 2.22. The molecule has 0 saturated heterocycles. The third kappa shape index (κ3) is 7.46. The fourth-order valence-corrected chi connectivity index (χ4v) is 4.92. The van der Waals surface area contributed by atoms with Crippen LogP contribution < -0.4 is 9.62 Å². The highest BCUT2D eigenvalue weighted by Gasteiger charge is 2.32. The van der Waals surface area contributed by atoms with E-state index in [2.05, 4.69) is 5.32 Å². The number of aryl methyl sites for hydroxylation is 2. The monoisotopic (exact) mass is 507 g/mol. The molecule has 0 heterocycles. The lowest BCUT2D eigenvalue weighted by Crippen LogP contribution is -2.52. The second-order valence-electron chi connectivity index (χ2n) is 8.43. The number of nitrogens with zero attached hydrogens (tertiary/aromatic N) is 2. The van der Waals surface area contributed by atoms with Gasteiger partial charge in [-0.05, 0) is 56.0 Å². The predicted molar refractivity (Wildman–Crippen MR) is 137 cm³/mol. The van der Waals surface area contributed by atoms with E-state index in [1.54, 1.807) is 25.1 Å². The van der Waals surface area contributed by atoms with Gasteiger partial charge in [0, 0.05) is 18.1 Å². The average molecular weight is 508 g/mol. The Morgan fingerprint density at radius 3 is 2.35 bits per heavy atom. The predicted octanol–water partition coefficient (Wildman–Crippen LogP) is 4.06. The maximum Gasteiger partial charge on any atom is 0.244 e. The van der Waals surface area contributed by atoms with Gasteiger partial charge in [0.25, 0.3) is 0 Å². The number of carbonyl (C=O) groups excluding carboxylic acids is 2. The molecule has 0 radical (unpaired) electrons. The second kappa shape index (κ2) is 12.2. The molecule has 2 aromatic carbocycles. The second-order valence-corrected chi connectivity index (χ2v) is 10.8. The zero-order valence-electron chi connectivity index (χ0n) is 20.5. The molecule has 7 nitrogen and oxygen atoms in total. The highest BCUT2D eigenvalue weighted by Crippen LogP contribution is 2.26. The molecular weight excluding hydrogens is 474 g/mol. The molecule has 9 heteroatoms. The summed E-state index contributed by atoms with van der Waals surface area (Å²) < 4.78 is 26.4. The van der Waals surface area contributed by atoms with Gasteiger partial charge in [0.1, 0.15) is 12.6 Å². The fourth-order valence-electron chi connectivity index (χ4n) is 3.79. The van der Waals surface area contributed by atoms with Gasteiger partial charge in [0.05, 0.1) is 11.9 Å². The lowest BCUT2D eigenvalue weighted by Gasteiger charge is -2.33. The molecule has 0 aliphatic carbocycles. The van der Waals surface area contributed by atoms with Gasteiger partial charge in [0.2, 0.25) is 21.8 Å². The van der Waals surface area contributed by atoms with Crippen LogP contribution in [0.4, 0.5) is 5.69 Å². The number of carbonyl (C=O) groups is 2. The minimum absolute atomic E-state index is 0.190. The van der Waals surface area contributed by atoms with E-state index >= 15 is 0 Å². The Morgan fingerprint density at radius 1 is 1.09 bits per heavy atom. The van der Waals surface area contributed by atoms with Gasteiger partial charge in [-0.3, -0.25) is 13.9 Å². The van der Waals surface area contributed by atoms with Crippen LogP contribution in [0.3, 0.4) is 0 Å². The number of amides is 2. The molecule has 34 heavy (non-hydrogen) atoms. The molecule has 186 valence electrons. The first-order valence-corrected chi connectivity index (χ1v) is 13.6. The zero-order chi connectivity index (χ0) is 25.5. The number of nitrogens with one attached hydrogen (secondary N) is 1. The van der Waals surface area contributed by atoms with Crippen LogP contribution in [0, 0.1) is 13.8 Å². The van der Waals surface area contributed by atoms with Crippen LogP contribution in [0.2, 0.25) is 5.02 Å². The number of hydrogen-bond acceptors (Lipinski definition) is 4. The molecule has 0 saturated carbocycles. The van der Waals surface area contributed by atoms with Crippen LogP contribution in [0.25, 0.3) is 0 Å². The van der Waals surface area contributed by atoms with Crippen molar-refractivity contribution in [2.75, 3.05) is 23.7 Å². The summed E-state index contributed by atoms with van der Waals surface area (Å²) in [6, 6.07) is 11.8. The molecule has 1 unspecified atom stereocenters. The molecule has 2 amide bonds. The van der Waals surface area contributed by atoms with E-state index in [0.717, 1.165) is 28.1 Å². The smallest absolute Gasteiger partial charge is 0.244 e. The molecule has 2 rings (SSSR count). The van der Waals surface area contributed by atoms with E-state index in [4.69, 9.17) is 11.6 Å². The van der Waals surface area contributed by atoms with E-state index in [1.807, 2.05) is 45.0 Å². The van der Waals surface area contributed by atoms with E-state index in [0.29, 0.717) is 29.2 Å². The van der Waals surface area contributed by atoms with Crippen molar-refractivity contribution in [1.29, 1.82) is 0 Å². The van der Waals surface area contributed by atoms with Crippen LogP contribution in [0.1, 0.15) is 43.4 Å². The third-order valence-corrected chi connectivity index (χ3v) is 6.84. The van der Waals surface area contributed by atoms with Crippen molar-refractivity contribution in [3.8, 4) is 0 Å². The van der Waals surface area contributed by atoms with E-state index in [9.17, 15) is 18.0 Å². The van der Waals surface area contributed by atoms with Gasteiger partial charge < -0.3 is 10.2 Å². The van der Waals surface area contributed by atoms with Gasteiger partial charge >= 0.3 is 0 Å². The first-order chi connectivity index (χ1) is 16.0. The van der Waals surface area contributed by atoms with Crippen molar-refractivity contribution in [2.45, 2.75) is 53.1 Å². The molecular formula is C25H34ClN3O4S. The SMILES string of the molecule is CCCNC(=O)C(CC)N(Cc1cccc(C)c1)C(=O)CN(c1ccc(Cl)cc1C)S(C)(=O)=O. The van der Waals surface area contributed by atoms with Crippen LogP contribution in [0.15, 0.2) is 42.5 Å². The van der Waals surface area contributed by atoms with Crippen molar-refractivity contribution >= 4 is 39.1 Å². The van der Waals surface area contributed by atoms with Crippen molar-refractivity contribution in [1.82, 2.24) is 10.2 Å². The lowest BCUT2D eigenvalue weighted by molar-refractivity contribution is -0.140. The number of anilines is 1. The van der Waals surface area contributed by atoms with Crippen molar-refractivity contribution in [3.05, 3.63) is 64.2 Å². The molecule has 0 spiro atoms. The number of hydrogen-bond donors (Lipinski definition) is 1. The van der Waals surface area contributed by atoms with Crippen LogP contribution in [0.5, 0.6) is 0 Å². The average Bonchev–Trinajstić information content (AvgIpc) is 2.75. The van der Waals surface area contributed by atoms with Crippen molar-refractivity contribution in [2.24, 2.45) is 0 Å². The highest BCUT2D eigenvalue weighted by atomic mass is 35.5. The summed E-state index contributed by atoms with van der Waals surface area (Å²) in [7, 11) is -3.79. The molecule has 2 aromatic rings. The minimum atomic E-state index is -3.79. The normalized spacial score (nSPS) is 12.2. The van der Waals surface area contributed by atoms with E-state index < -0.39 is 28.5 Å². The fraction of sp³-hybridized carbons (Fsp3) is 0.440. The number of rotatable bonds is 11. The summed E-state index contributed by atoms with van der Waals surface area (Å²) in [5, 5.41) is 3.34. The summed E-state index contributed by atoms with van der Waals surface area (Å²) in [5.74, 6) is -0.710. The Bertz CT molecular complexity index is 1120. The Labute approximate surface area is 208 Å². The van der Waals surface area contributed by atoms with Gasteiger partial charge in [-0.1, -0.05) is 55.3 Å². The molecule has 0 bridgehead atoms.